The summed E-state index contributed by atoms with van der Waals surface area (Å²) in [7, 11) is 0. The van der Waals surface area contributed by atoms with E-state index < -0.39 is 0 Å². The molecule has 64 valence electrons. The maximum Gasteiger partial charge on any atom is 0.191 e. The van der Waals surface area contributed by atoms with E-state index in [0.717, 1.165) is 31.5 Å². The van der Waals surface area contributed by atoms with Gasteiger partial charge in [-0.05, 0) is 19.3 Å². The van der Waals surface area contributed by atoms with E-state index in [2.05, 4.69) is 16.8 Å². The summed E-state index contributed by atoms with van der Waals surface area (Å²) in [5.41, 5.74) is 5.73. The number of nitrogens with two attached hydrogens (primary N) is 1. The largest absolute Gasteiger partial charge is 0.370 e. The molecule has 0 aliphatic carbocycles. The second-order valence-electron chi connectivity index (χ2n) is 3.17. The van der Waals surface area contributed by atoms with Crippen LogP contribution in [0.1, 0.15) is 20.3 Å². The molecule has 1 aliphatic rings. The number of hydrogen-bond donors (Lipinski definition) is 1. The van der Waals surface area contributed by atoms with Gasteiger partial charge in [-0.1, -0.05) is 6.92 Å². The van der Waals surface area contributed by atoms with Gasteiger partial charge in [0.2, 0.25) is 0 Å². The predicted molar refractivity (Wildman–Crippen MR) is 47.5 cm³/mol. The predicted octanol–water partition coefficient (Wildman–Crippen LogP) is 0.663. The van der Waals surface area contributed by atoms with Gasteiger partial charge in [0.15, 0.2) is 5.96 Å². The van der Waals surface area contributed by atoms with Crippen LogP contribution in [-0.4, -0.2) is 30.5 Å². The van der Waals surface area contributed by atoms with E-state index in [1.165, 1.54) is 6.42 Å². The van der Waals surface area contributed by atoms with E-state index in [9.17, 15) is 0 Å². The van der Waals surface area contributed by atoms with Crippen molar-refractivity contribution in [3.05, 3.63) is 0 Å². The minimum absolute atomic E-state index is 0.719. The number of likely N-dealkylation sites (tertiary alicyclic amines) is 1. The Morgan fingerprint density at radius 1 is 1.73 bits per heavy atom. The average Bonchev–Trinajstić information content (AvgIpc) is 2.36. The summed E-state index contributed by atoms with van der Waals surface area (Å²) in [5.74, 6) is 1.50. The molecule has 0 radical (unpaired) electrons. The molecule has 1 heterocycles. The molecule has 3 nitrogen and oxygen atoms in total. The van der Waals surface area contributed by atoms with Gasteiger partial charge in [-0.15, -0.1) is 0 Å². The van der Waals surface area contributed by atoms with Gasteiger partial charge in [0.1, 0.15) is 0 Å². The van der Waals surface area contributed by atoms with Crippen LogP contribution in [0.25, 0.3) is 0 Å². The van der Waals surface area contributed by atoms with Gasteiger partial charge in [-0.3, -0.25) is 4.99 Å². The van der Waals surface area contributed by atoms with Crippen LogP contribution in [0.2, 0.25) is 0 Å². The summed E-state index contributed by atoms with van der Waals surface area (Å²) in [5, 5.41) is 0. The highest BCUT2D eigenvalue weighted by Gasteiger charge is 2.19. The summed E-state index contributed by atoms with van der Waals surface area (Å²) in [6, 6.07) is 0. The van der Waals surface area contributed by atoms with E-state index in [1.807, 2.05) is 6.92 Å². The quantitative estimate of drug-likeness (QED) is 0.446. The third-order valence-corrected chi connectivity index (χ3v) is 2.07. The van der Waals surface area contributed by atoms with Crippen molar-refractivity contribution in [2.75, 3.05) is 19.6 Å². The highest BCUT2D eigenvalue weighted by Crippen LogP contribution is 2.13. The van der Waals surface area contributed by atoms with E-state index in [-0.39, 0.29) is 0 Å². The monoisotopic (exact) mass is 155 g/mol. The number of aliphatic imine (C=N–C) groups is 1. The summed E-state index contributed by atoms with van der Waals surface area (Å²) in [4.78, 5) is 6.32. The lowest BCUT2D eigenvalue weighted by atomic mass is 10.2. The molecule has 1 fully saturated rings. The first-order valence-electron chi connectivity index (χ1n) is 4.29. The van der Waals surface area contributed by atoms with Crippen LogP contribution in [-0.2, 0) is 0 Å². The molecule has 0 saturated carbocycles. The lowest BCUT2D eigenvalue weighted by Gasteiger charge is -2.15. The molecular formula is C8H17N3. The Labute approximate surface area is 68.3 Å². The highest BCUT2D eigenvalue weighted by atomic mass is 15.3. The van der Waals surface area contributed by atoms with Gasteiger partial charge in [0.25, 0.3) is 0 Å². The zero-order chi connectivity index (χ0) is 8.27. The van der Waals surface area contributed by atoms with E-state index >= 15 is 0 Å². The van der Waals surface area contributed by atoms with Crippen LogP contribution in [0.15, 0.2) is 4.99 Å². The SMILES string of the molecule is CCN=C(N)N1CCC(C)C1. The number of hydrogen-bond acceptors (Lipinski definition) is 1. The zero-order valence-corrected chi connectivity index (χ0v) is 7.38. The fraction of sp³-hybridized carbons (Fsp3) is 0.875. The number of rotatable bonds is 1. The van der Waals surface area contributed by atoms with Crippen molar-refractivity contribution >= 4 is 5.96 Å². The maximum absolute atomic E-state index is 5.73. The normalized spacial score (nSPS) is 26.2. The molecule has 0 amide bonds. The molecule has 0 aromatic carbocycles. The highest BCUT2D eigenvalue weighted by molar-refractivity contribution is 5.78. The van der Waals surface area contributed by atoms with Crippen LogP contribution < -0.4 is 5.73 Å². The van der Waals surface area contributed by atoms with Gasteiger partial charge in [0.05, 0.1) is 0 Å². The van der Waals surface area contributed by atoms with Gasteiger partial charge >= 0.3 is 0 Å². The summed E-state index contributed by atoms with van der Waals surface area (Å²) in [6.07, 6.45) is 1.25. The lowest BCUT2D eigenvalue weighted by Crippen LogP contribution is -2.35. The molecule has 11 heavy (non-hydrogen) atoms. The van der Waals surface area contributed by atoms with Crippen molar-refractivity contribution in [2.45, 2.75) is 20.3 Å². The minimum atomic E-state index is 0.719. The first-order chi connectivity index (χ1) is 5.24. The van der Waals surface area contributed by atoms with Crippen molar-refractivity contribution in [1.29, 1.82) is 0 Å². The number of nitrogens with zero attached hydrogens (tertiary/aromatic N) is 2. The summed E-state index contributed by atoms with van der Waals surface area (Å²) in [6.45, 7) is 7.20. The molecule has 3 heteroatoms. The topological polar surface area (TPSA) is 41.6 Å². The molecule has 2 N–H and O–H groups in total. The smallest absolute Gasteiger partial charge is 0.191 e. The third-order valence-electron chi connectivity index (χ3n) is 2.07. The van der Waals surface area contributed by atoms with Gasteiger partial charge in [-0.25, -0.2) is 0 Å². The van der Waals surface area contributed by atoms with Gasteiger partial charge in [0, 0.05) is 19.6 Å². The Hall–Kier alpha value is -0.730. The first-order valence-corrected chi connectivity index (χ1v) is 4.29. The Bertz CT molecular complexity index is 153. The molecule has 1 aliphatic heterocycles. The third kappa shape index (κ3) is 2.10. The van der Waals surface area contributed by atoms with Crippen molar-refractivity contribution in [2.24, 2.45) is 16.6 Å². The molecule has 1 rings (SSSR count). The van der Waals surface area contributed by atoms with Gasteiger partial charge < -0.3 is 10.6 Å². The molecule has 1 saturated heterocycles. The molecule has 0 aromatic heterocycles. The fourth-order valence-corrected chi connectivity index (χ4v) is 1.41. The molecule has 0 bridgehead atoms. The fourth-order valence-electron chi connectivity index (χ4n) is 1.41. The molecular weight excluding hydrogens is 138 g/mol. The number of guanidine groups is 1. The van der Waals surface area contributed by atoms with Crippen molar-refractivity contribution in [3.8, 4) is 0 Å². The zero-order valence-electron chi connectivity index (χ0n) is 7.38. The average molecular weight is 155 g/mol. The van der Waals surface area contributed by atoms with Crippen LogP contribution >= 0.6 is 0 Å². The minimum Gasteiger partial charge on any atom is -0.370 e. The van der Waals surface area contributed by atoms with Crippen LogP contribution in [0.4, 0.5) is 0 Å². The maximum atomic E-state index is 5.73. The summed E-state index contributed by atoms with van der Waals surface area (Å²) >= 11 is 0. The first kappa shape index (κ1) is 8.37. The van der Waals surface area contributed by atoms with E-state index in [4.69, 9.17) is 5.73 Å². The second kappa shape index (κ2) is 3.60. The van der Waals surface area contributed by atoms with Crippen molar-refractivity contribution in [1.82, 2.24) is 4.90 Å². The van der Waals surface area contributed by atoms with E-state index in [1.54, 1.807) is 0 Å². The summed E-state index contributed by atoms with van der Waals surface area (Å²) < 4.78 is 0. The second-order valence-corrected chi connectivity index (χ2v) is 3.17. The molecule has 1 unspecified atom stereocenters. The molecule has 1 atom stereocenters. The molecule has 0 aromatic rings. The lowest BCUT2D eigenvalue weighted by molar-refractivity contribution is 0.487. The Morgan fingerprint density at radius 3 is 2.91 bits per heavy atom. The van der Waals surface area contributed by atoms with E-state index in [0.29, 0.717) is 0 Å². The Kier molecular flexibility index (Phi) is 2.74. The standard InChI is InChI=1S/C8H17N3/c1-3-10-8(9)11-5-4-7(2)6-11/h7H,3-6H2,1-2H3,(H2,9,10). The Morgan fingerprint density at radius 2 is 2.45 bits per heavy atom. The molecule has 0 spiro atoms. The van der Waals surface area contributed by atoms with Crippen LogP contribution in [0.5, 0.6) is 0 Å². The van der Waals surface area contributed by atoms with Gasteiger partial charge in [-0.2, -0.15) is 0 Å². The van der Waals surface area contributed by atoms with Crippen molar-refractivity contribution in [3.63, 3.8) is 0 Å². The van der Waals surface area contributed by atoms with Crippen LogP contribution in [0, 0.1) is 5.92 Å². The van der Waals surface area contributed by atoms with Crippen LogP contribution in [0.3, 0.4) is 0 Å². The Balaban J connectivity index is 2.43. The van der Waals surface area contributed by atoms with Crippen molar-refractivity contribution < 1.29 is 0 Å².